The van der Waals surface area contributed by atoms with Crippen LogP contribution in [0.3, 0.4) is 0 Å². The smallest absolute Gasteiger partial charge is 0.230 e. The lowest BCUT2D eigenvalue weighted by atomic mass is 9.94. The number of piperidine rings is 1. The van der Waals surface area contributed by atoms with Crippen molar-refractivity contribution in [3.63, 3.8) is 0 Å². The van der Waals surface area contributed by atoms with Crippen molar-refractivity contribution in [2.24, 2.45) is 5.92 Å². The second-order valence-corrected chi connectivity index (χ2v) is 9.91. The third kappa shape index (κ3) is 5.31. The molecular weight excluding hydrogens is 368 g/mol. The lowest BCUT2D eigenvalue weighted by molar-refractivity contribution is -0.120. The number of oxazole rings is 1. The zero-order chi connectivity index (χ0) is 18.6. The van der Waals surface area contributed by atoms with E-state index in [2.05, 4.69) is 41.4 Å². The number of hydrogen-bond acceptors (Lipinski definition) is 7. The second-order valence-electron chi connectivity index (χ2n) is 7.48. The molecular formula is C18H26N4O2S2. The first-order chi connectivity index (χ1) is 12.4. The predicted octanol–water partition coefficient (Wildman–Crippen LogP) is 3.70. The molecule has 8 heteroatoms. The van der Waals surface area contributed by atoms with Crippen molar-refractivity contribution in [1.82, 2.24) is 15.3 Å². The van der Waals surface area contributed by atoms with Crippen LogP contribution in [0.1, 0.15) is 45.3 Å². The first-order valence-electron chi connectivity index (χ1n) is 8.97. The van der Waals surface area contributed by atoms with Crippen LogP contribution in [0.2, 0.25) is 0 Å². The SMILES string of the molecule is CC(C)(C)c1cnc(CCSc2cnc(NC(=O)[C@@H]3CCCNC3)s2)o1. The Morgan fingerprint density at radius 3 is 2.96 bits per heavy atom. The fourth-order valence-corrected chi connectivity index (χ4v) is 4.56. The van der Waals surface area contributed by atoms with E-state index in [0.29, 0.717) is 5.13 Å². The maximum Gasteiger partial charge on any atom is 0.230 e. The average Bonchev–Trinajstić information content (AvgIpc) is 3.25. The van der Waals surface area contributed by atoms with E-state index in [1.54, 1.807) is 11.8 Å². The lowest BCUT2D eigenvalue weighted by Crippen LogP contribution is -2.37. The number of thiazole rings is 1. The number of aryl methyl sites for hydroxylation is 1. The summed E-state index contributed by atoms with van der Waals surface area (Å²) in [6.07, 6.45) is 6.40. The first kappa shape index (κ1) is 19.4. The topological polar surface area (TPSA) is 80.0 Å². The van der Waals surface area contributed by atoms with Gasteiger partial charge in [-0.1, -0.05) is 32.1 Å². The highest BCUT2D eigenvalue weighted by molar-refractivity contribution is 8.01. The molecule has 6 nitrogen and oxygen atoms in total. The first-order valence-corrected chi connectivity index (χ1v) is 10.8. The van der Waals surface area contributed by atoms with Crippen molar-refractivity contribution < 1.29 is 9.21 Å². The number of carbonyl (C=O) groups excluding carboxylic acids is 1. The van der Waals surface area contributed by atoms with Crippen molar-refractivity contribution in [1.29, 1.82) is 0 Å². The number of hydrogen-bond donors (Lipinski definition) is 2. The van der Waals surface area contributed by atoms with Crippen molar-refractivity contribution in [3.05, 3.63) is 24.0 Å². The van der Waals surface area contributed by atoms with Crippen LogP contribution < -0.4 is 10.6 Å². The molecule has 0 radical (unpaired) electrons. The van der Waals surface area contributed by atoms with Crippen LogP contribution in [0.5, 0.6) is 0 Å². The van der Waals surface area contributed by atoms with Gasteiger partial charge >= 0.3 is 0 Å². The Morgan fingerprint density at radius 1 is 1.42 bits per heavy atom. The van der Waals surface area contributed by atoms with Crippen LogP contribution in [0.15, 0.2) is 21.0 Å². The van der Waals surface area contributed by atoms with Gasteiger partial charge in [0, 0.05) is 24.1 Å². The molecule has 1 aliphatic heterocycles. The number of rotatable bonds is 6. The van der Waals surface area contributed by atoms with Crippen molar-refractivity contribution in [2.45, 2.75) is 49.7 Å². The Balaban J connectivity index is 1.45. The molecule has 2 aromatic heterocycles. The van der Waals surface area contributed by atoms with E-state index in [-0.39, 0.29) is 17.2 Å². The Morgan fingerprint density at radius 2 is 2.27 bits per heavy atom. The highest BCUT2D eigenvalue weighted by Crippen LogP contribution is 2.30. The van der Waals surface area contributed by atoms with E-state index < -0.39 is 0 Å². The van der Waals surface area contributed by atoms with Crippen LogP contribution in [-0.2, 0) is 16.6 Å². The third-order valence-corrected chi connectivity index (χ3v) is 6.34. The molecule has 0 aromatic carbocycles. The maximum absolute atomic E-state index is 12.2. The zero-order valence-corrected chi connectivity index (χ0v) is 17.1. The van der Waals surface area contributed by atoms with E-state index in [9.17, 15) is 4.79 Å². The molecule has 1 saturated heterocycles. The molecule has 1 fully saturated rings. The van der Waals surface area contributed by atoms with Crippen LogP contribution in [-0.4, -0.2) is 34.7 Å². The molecule has 1 aliphatic rings. The van der Waals surface area contributed by atoms with E-state index >= 15 is 0 Å². The summed E-state index contributed by atoms with van der Waals surface area (Å²) in [7, 11) is 0. The van der Waals surface area contributed by atoms with Gasteiger partial charge in [-0.15, -0.1) is 11.8 Å². The summed E-state index contributed by atoms with van der Waals surface area (Å²) < 4.78 is 6.90. The molecule has 1 amide bonds. The molecule has 142 valence electrons. The largest absolute Gasteiger partial charge is 0.445 e. The van der Waals surface area contributed by atoms with Gasteiger partial charge in [-0.2, -0.15) is 0 Å². The van der Waals surface area contributed by atoms with Crippen molar-refractivity contribution >= 4 is 34.1 Å². The fraction of sp³-hybridized carbons (Fsp3) is 0.611. The second kappa shape index (κ2) is 8.54. The Labute approximate surface area is 162 Å². The normalized spacial score (nSPS) is 18.0. The Bertz CT molecular complexity index is 730. The number of thioether (sulfide) groups is 1. The van der Waals surface area contributed by atoms with Crippen LogP contribution in [0, 0.1) is 5.92 Å². The highest BCUT2D eigenvalue weighted by Gasteiger charge is 2.22. The highest BCUT2D eigenvalue weighted by atomic mass is 32.2. The molecule has 2 aromatic rings. The van der Waals surface area contributed by atoms with Gasteiger partial charge in [0.2, 0.25) is 5.91 Å². The fourth-order valence-electron chi connectivity index (χ4n) is 2.68. The molecule has 1 atom stereocenters. The number of amides is 1. The molecule has 2 N–H and O–H groups in total. The third-order valence-electron chi connectivity index (χ3n) is 4.24. The van der Waals surface area contributed by atoms with E-state index in [1.807, 2.05) is 12.4 Å². The summed E-state index contributed by atoms with van der Waals surface area (Å²) in [5.41, 5.74) is -0.0168. The number of nitrogens with zero attached hydrogens (tertiary/aromatic N) is 2. The minimum atomic E-state index is -0.0168. The van der Waals surface area contributed by atoms with Crippen molar-refractivity contribution in [3.8, 4) is 0 Å². The molecule has 3 rings (SSSR count). The molecule has 0 spiro atoms. The minimum Gasteiger partial charge on any atom is -0.445 e. The monoisotopic (exact) mass is 394 g/mol. The van der Waals surface area contributed by atoms with E-state index in [4.69, 9.17) is 4.42 Å². The van der Waals surface area contributed by atoms with Gasteiger partial charge < -0.3 is 15.1 Å². The molecule has 0 unspecified atom stereocenters. The predicted molar refractivity (Wildman–Crippen MR) is 106 cm³/mol. The summed E-state index contributed by atoms with van der Waals surface area (Å²) in [6, 6.07) is 0. The summed E-state index contributed by atoms with van der Waals surface area (Å²) in [6.45, 7) is 8.10. The number of carbonyl (C=O) groups is 1. The molecule has 0 saturated carbocycles. The number of aromatic nitrogens is 2. The Hall–Kier alpha value is -1.38. The maximum atomic E-state index is 12.2. The summed E-state index contributed by atoms with van der Waals surface area (Å²) in [5, 5.41) is 6.88. The number of nitrogens with one attached hydrogen (secondary N) is 2. The van der Waals surface area contributed by atoms with Gasteiger partial charge in [-0.05, 0) is 19.4 Å². The standard InChI is InChI=1S/C18H26N4O2S2/c1-18(2,3)13-10-20-14(24-13)6-8-25-15-11-21-17(26-15)22-16(23)12-5-4-7-19-9-12/h10-12,19H,4-9H2,1-3H3,(H,21,22,23)/t12-/m1/s1. The average molecular weight is 395 g/mol. The quantitative estimate of drug-likeness (QED) is 0.727. The lowest BCUT2D eigenvalue weighted by Gasteiger charge is -2.21. The summed E-state index contributed by atoms with van der Waals surface area (Å²) >= 11 is 3.23. The van der Waals surface area contributed by atoms with Crippen molar-refractivity contribution in [2.75, 3.05) is 24.2 Å². The van der Waals surface area contributed by atoms with Gasteiger partial charge in [-0.3, -0.25) is 4.79 Å². The summed E-state index contributed by atoms with van der Waals surface area (Å²) in [4.78, 5) is 20.9. The minimum absolute atomic E-state index is 0.0168. The van der Waals surface area contributed by atoms with Gasteiger partial charge in [0.1, 0.15) is 5.76 Å². The molecule has 3 heterocycles. The van der Waals surface area contributed by atoms with Crippen LogP contribution in [0.25, 0.3) is 0 Å². The van der Waals surface area contributed by atoms with Gasteiger partial charge in [0.15, 0.2) is 11.0 Å². The number of anilines is 1. The van der Waals surface area contributed by atoms with Gasteiger partial charge in [-0.25, -0.2) is 9.97 Å². The van der Waals surface area contributed by atoms with Gasteiger partial charge in [0.25, 0.3) is 0 Å². The van der Waals surface area contributed by atoms with E-state index in [1.165, 1.54) is 11.3 Å². The van der Waals surface area contributed by atoms with Gasteiger partial charge in [0.05, 0.1) is 22.5 Å². The molecule has 0 bridgehead atoms. The zero-order valence-electron chi connectivity index (χ0n) is 15.5. The van der Waals surface area contributed by atoms with Crippen LogP contribution >= 0.6 is 23.1 Å². The van der Waals surface area contributed by atoms with E-state index in [0.717, 1.165) is 54.0 Å². The molecule has 26 heavy (non-hydrogen) atoms. The molecule has 0 aliphatic carbocycles. The summed E-state index contributed by atoms with van der Waals surface area (Å²) in [5.74, 6) is 2.66. The Kier molecular flexibility index (Phi) is 6.37. The van der Waals surface area contributed by atoms with Crippen LogP contribution in [0.4, 0.5) is 5.13 Å².